The van der Waals surface area contributed by atoms with Gasteiger partial charge >= 0.3 is 5.69 Å². The highest BCUT2D eigenvalue weighted by molar-refractivity contribution is 7.44. The van der Waals surface area contributed by atoms with Gasteiger partial charge in [0.05, 0.1) is 31.7 Å². The van der Waals surface area contributed by atoms with E-state index in [1.807, 2.05) is 117 Å². The lowest BCUT2D eigenvalue weighted by Gasteiger charge is -2.39. The number of rotatable bonds is 16. The number of nitrogens with zero attached hydrogens (tertiary/aromatic N) is 3. The van der Waals surface area contributed by atoms with Gasteiger partial charge in [-0.15, -0.1) is 0 Å². The van der Waals surface area contributed by atoms with Crippen molar-refractivity contribution in [1.29, 1.82) is 5.26 Å². The number of hydrogen-bond acceptors (Lipinski definition) is 9. The van der Waals surface area contributed by atoms with E-state index >= 15 is 4.39 Å². The monoisotopic (exact) mass is 717 g/mol. The van der Waals surface area contributed by atoms with Crippen molar-refractivity contribution >= 4 is 8.53 Å². The van der Waals surface area contributed by atoms with E-state index in [9.17, 15) is 14.9 Å². The molecule has 270 valence electrons. The maximum absolute atomic E-state index is 16.9. The van der Waals surface area contributed by atoms with Gasteiger partial charge in [0.15, 0.2) is 12.4 Å². The number of aromatic amines is 1. The molecule has 0 bridgehead atoms. The first kappa shape index (κ1) is 38.0. The summed E-state index contributed by atoms with van der Waals surface area (Å²) < 4.78 is 44.6. The lowest BCUT2D eigenvalue weighted by atomic mass is 9.77. The fourth-order valence-electron chi connectivity index (χ4n) is 6.51. The van der Waals surface area contributed by atoms with Gasteiger partial charge in [0.1, 0.15) is 18.0 Å². The molecule has 51 heavy (non-hydrogen) atoms. The van der Waals surface area contributed by atoms with Crippen LogP contribution in [0.1, 0.15) is 57.0 Å². The van der Waals surface area contributed by atoms with Crippen molar-refractivity contribution in [2.75, 3.05) is 20.3 Å². The quantitative estimate of drug-likeness (QED) is 0.0812. The van der Waals surface area contributed by atoms with Crippen molar-refractivity contribution in [3.63, 3.8) is 0 Å². The molecule has 1 saturated heterocycles. The second kappa shape index (κ2) is 17.3. The summed E-state index contributed by atoms with van der Waals surface area (Å²) in [4.78, 5) is 27.0. The highest BCUT2D eigenvalue weighted by Gasteiger charge is 2.50. The van der Waals surface area contributed by atoms with E-state index in [-0.39, 0.29) is 31.7 Å². The Kier molecular flexibility index (Phi) is 12.9. The van der Waals surface area contributed by atoms with Crippen LogP contribution in [0, 0.1) is 11.3 Å². The molecule has 0 aliphatic carbocycles. The molecule has 1 aromatic heterocycles. The summed E-state index contributed by atoms with van der Waals surface area (Å²) in [6.07, 6.45) is -4.05. The molecule has 1 aliphatic heterocycles. The van der Waals surface area contributed by atoms with Crippen LogP contribution in [-0.4, -0.2) is 64.9 Å². The predicted molar refractivity (Wildman–Crippen MR) is 194 cm³/mol. The van der Waals surface area contributed by atoms with Crippen LogP contribution in [0.15, 0.2) is 107 Å². The van der Waals surface area contributed by atoms with Crippen molar-refractivity contribution in [1.82, 2.24) is 19.5 Å². The van der Waals surface area contributed by atoms with E-state index in [1.54, 1.807) is 7.11 Å². The maximum Gasteiger partial charge on any atom is 0.330 e. The first-order valence-electron chi connectivity index (χ1n) is 17.0. The number of ether oxygens (including phenoxy) is 2. The number of halogens is 1. The number of nitrogens with one attached hydrogen (secondary N) is 2. The molecule has 11 nitrogen and oxygen atoms in total. The van der Waals surface area contributed by atoms with Gasteiger partial charge < -0.3 is 18.5 Å². The van der Waals surface area contributed by atoms with E-state index in [0.29, 0.717) is 5.75 Å². The van der Waals surface area contributed by atoms with Crippen LogP contribution in [0.25, 0.3) is 0 Å². The Morgan fingerprint density at radius 3 is 2.08 bits per heavy atom. The van der Waals surface area contributed by atoms with Gasteiger partial charge in [-0.05, 0) is 56.5 Å². The van der Waals surface area contributed by atoms with Gasteiger partial charge in [-0.3, -0.25) is 19.7 Å². The van der Waals surface area contributed by atoms with Crippen molar-refractivity contribution in [2.45, 2.75) is 76.3 Å². The van der Waals surface area contributed by atoms with Crippen molar-refractivity contribution in [3.8, 4) is 11.8 Å². The maximum atomic E-state index is 16.9. The Balaban J connectivity index is 1.60. The molecular weight excluding hydrogens is 672 g/mol. The molecule has 13 heteroatoms. The number of hydrogen-bond donors (Lipinski definition) is 2. The number of alkyl halides is 1. The topological polar surface area (TPSA) is 131 Å². The second-order valence-electron chi connectivity index (χ2n) is 12.7. The smallest absolute Gasteiger partial charge is 0.330 e. The van der Waals surface area contributed by atoms with Crippen LogP contribution in [0.4, 0.5) is 4.39 Å². The Hall–Kier alpha value is -4.21. The van der Waals surface area contributed by atoms with Gasteiger partial charge in [0.25, 0.3) is 14.1 Å². The molecule has 5 atom stereocenters. The predicted octanol–water partition coefficient (Wildman–Crippen LogP) is 6.02. The first-order chi connectivity index (χ1) is 24.6. The Morgan fingerprint density at radius 2 is 1.55 bits per heavy atom. The number of nitriles is 1. The molecule has 0 saturated carbocycles. The SMILES string of the molecule is COc1ccc(C(NC[C@H]2O[C@@H](n3ccc(=O)[nH]c3=O)[C@H](F)[C@@H]2OP(OCCC#N)N(C(C)C)C(C)C)(c2ccccc2)c2ccccc2)cc1. The van der Waals surface area contributed by atoms with E-state index in [4.69, 9.17) is 18.5 Å². The molecule has 5 rings (SSSR count). The molecule has 0 amide bonds. The zero-order valence-corrected chi connectivity index (χ0v) is 30.3. The molecule has 1 aliphatic rings. The van der Waals surface area contributed by atoms with Gasteiger partial charge in [-0.25, -0.2) is 13.9 Å². The zero-order chi connectivity index (χ0) is 36.5. The van der Waals surface area contributed by atoms with Crippen molar-refractivity contribution in [2.24, 2.45) is 0 Å². The molecular formula is C38H45FN5O6P. The third kappa shape index (κ3) is 8.47. The minimum absolute atomic E-state index is 0.0355. The van der Waals surface area contributed by atoms with Gasteiger partial charge in [0.2, 0.25) is 0 Å². The molecule has 0 spiro atoms. The van der Waals surface area contributed by atoms with Crippen LogP contribution >= 0.6 is 8.53 Å². The van der Waals surface area contributed by atoms with E-state index in [0.717, 1.165) is 27.3 Å². The summed E-state index contributed by atoms with van der Waals surface area (Å²) >= 11 is 0. The molecule has 1 unspecified atom stereocenters. The second-order valence-corrected chi connectivity index (χ2v) is 14.1. The van der Waals surface area contributed by atoms with E-state index < -0.39 is 49.9 Å². The molecule has 4 aromatic rings. The average molecular weight is 718 g/mol. The first-order valence-corrected chi connectivity index (χ1v) is 18.1. The van der Waals surface area contributed by atoms with E-state index in [1.165, 1.54) is 6.20 Å². The number of aromatic nitrogens is 2. The molecule has 3 aromatic carbocycles. The molecule has 2 N–H and O–H groups in total. The van der Waals surface area contributed by atoms with Crippen LogP contribution in [-0.2, 0) is 19.3 Å². The van der Waals surface area contributed by atoms with Crippen molar-refractivity contribution < 1.29 is 22.9 Å². The number of benzene rings is 3. The largest absolute Gasteiger partial charge is 0.497 e. The summed E-state index contributed by atoms with van der Waals surface area (Å²) in [5, 5.41) is 13.0. The van der Waals surface area contributed by atoms with Crippen molar-refractivity contribution in [3.05, 3.63) is 135 Å². The average Bonchev–Trinajstić information content (AvgIpc) is 3.43. The molecule has 0 radical (unpaired) electrons. The summed E-state index contributed by atoms with van der Waals surface area (Å²) in [7, 11) is -0.267. The van der Waals surface area contributed by atoms with Crippen LogP contribution in [0.5, 0.6) is 5.75 Å². The summed E-state index contributed by atoms with van der Waals surface area (Å²) in [5.74, 6) is 0.695. The highest BCUT2D eigenvalue weighted by Crippen LogP contribution is 2.50. The molecule has 2 heterocycles. The highest BCUT2D eigenvalue weighted by atomic mass is 31.2. The standard InChI is InChI=1S/C38H45FN5O6P/c1-26(2)44(27(3)4)51(48-24-12-22-40)50-35-32(49-36(34(35)39)43-23-21-33(45)42-37(43)46)25-41-38(28-13-8-6-9-14-28,29-15-10-7-11-16-29)30-17-19-31(47-5)20-18-30/h6-11,13-21,23,26-27,32,34-36,41H,12,24-25H2,1-5H3,(H,42,45,46)/t32-,34-,35-,36-,51?/m1/s1. The summed E-state index contributed by atoms with van der Waals surface area (Å²) in [6.45, 7) is 8.14. The third-order valence-corrected chi connectivity index (χ3v) is 10.9. The van der Waals surface area contributed by atoms with Crippen LogP contribution < -0.4 is 21.3 Å². The lowest BCUT2D eigenvalue weighted by molar-refractivity contribution is -0.0268. The third-order valence-electron chi connectivity index (χ3n) is 8.77. The number of methoxy groups -OCH3 is 1. The lowest BCUT2D eigenvalue weighted by Crippen LogP contribution is -2.50. The minimum Gasteiger partial charge on any atom is -0.497 e. The van der Waals surface area contributed by atoms with Gasteiger partial charge in [0, 0.05) is 30.9 Å². The van der Waals surface area contributed by atoms with Gasteiger partial charge in [-0.2, -0.15) is 5.26 Å². The fourth-order valence-corrected chi connectivity index (χ4v) is 8.28. The summed E-state index contributed by atoms with van der Waals surface area (Å²) in [5.41, 5.74) is 0.392. The normalized spacial score (nSPS) is 19.8. The summed E-state index contributed by atoms with van der Waals surface area (Å²) in [6, 6.07) is 30.8. The van der Waals surface area contributed by atoms with E-state index in [2.05, 4.69) is 16.4 Å². The van der Waals surface area contributed by atoms with Crippen LogP contribution in [0.2, 0.25) is 0 Å². The number of H-pyrrole nitrogens is 1. The fraction of sp³-hybridized carbons (Fsp3) is 0.395. The Morgan fingerprint density at radius 1 is 0.961 bits per heavy atom. The zero-order valence-electron chi connectivity index (χ0n) is 29.4. The van der Waals surface area contributed by atoms with Crippen LogP contribution in [0.3, 0.4) is 0 Å². The van der Waals surface area contributed by atoms with Gasteiger partial charge in [-0.1, -0.05) is 72.8 Å². The Bertz CT molecular complexity index is 1800. The minimum atomic E-state index is -1.88. The Labute approximate surface area is 298 Å². The molecule has 1 fully saturated rings.